The Bertz CT molecular complexity index is 587. The largest absolute Gasteiger partial charge is 0.508 e. The fourth-order valence-corrected chi connectivity index (χ4v) is 2.43. The number of benzene rings is 2. The van der Waals surface area contributed by atoms with Gasteiger partial charge in [0.05, 0.1) is 5.56 Å². The average molecular weight is 314 g/mol. The van der Waals surface area contributed by atoms with Crippen LogP contribution in [0.15, 0.2) is 54.6 Å². The summed E-state index contributed by atoms with van der Waals surface area (Å²) >= 11 is 0. The van der Waals surface area contributed by atoms with E-state index in [1.807, 2.05) is 6.07 Å². The molecular formula is C19H22O4. The van der Waals surface area contributed by atoms with E-state index in [0.717, 1.165) is 25.7 Å². The maximum Gasteiger partial charge on any atom is 0.338 e. The molecule has 1 aliphatic carbocycles. The number of rotatable bonds is 2. The molecule has 0 aliphatic heterocycles. The average Bonchev–Trinajstić information content (AvgIpc) is 2.57. The highest BCUT2D eigenvalue weighted by molar-refractivity contribution is 5.89. The van der Waals surface area contributed by atoms with Crippen LogP contribution >= 0.6 is 0 Å². The molecule has 1 aliphatic rings. The molecule has 23 heavy (non-hydrogen) atoms. The Morgan fingerprint density at radius 3 is 1.91 bits per heavy atom. The second-order valence-electron chi connectivity index (χ2n) is 5.55. The number of ether oxygens (including phenoxy) is 1. The van der Waals surface area contributed by atoms with Crippen LogP contribution in [-0.4, -0.2) is 22.3 Å². The molecule has 0 spiro atoms. The maximum atomic E-state index is 11.7. The first-order valence-electron chi connectivity index (χ1n) is 7.89. The van der Waals surface area contributed by atoms with Gasteiger partial charge in [-0.3, -0.25) is 0 Å². The third-order valence-electron chi connectivity index (χ3n) is 3.69. The van der Waals surface area contributed by atoms with Crippen molar-refractivity contribution in [2.45, 2.75) is 38.2 Å². The van der Waals surface area contributed by atoms with Crippen molar-refractivity contribution in [2.24, 2.45) is 0 Å². The zero-order chi connectivity index (χ0) is 16.5. The monoisotopic (exact) mass is 314 g/mol. The topological polar surface area (TPSA) is 66.8 Å². The molecule has 1 fully saturated rings. The van der Waals surface area contributed by atoms with Gasteiger partial charge in [-0.1, -0.05) is 24.6 Å². The predicted molar refractivity (Wildman–Crippen MR) is 88.5 cm³/mol. The van der Waals surface area contributed by atoms with Crippen molar-refractivity contribution >= 4 is 5.97 Å². The second-order valence-corrected chi connectivity index (χ2v) is 5.55. The van der Waals surface area contributed by atoms with Gasteiger partial charge in [0.2, 0.25) is 0 Å². The number of carbonyl (C=O) groups excluding carboxylic acids is 1. The Hall–Kier alpha value is -2.49. The Morgan fingerprint density at radius 2 is 1.39 bits per heavy atom. The fourth-order valence-electron chi connectivity index (χ4n) is 2.43. The highest BCUT2D eigenvalue weighted by Gasteiger charge is 2.18. The van der Waals surface area contributed by atoms with E-state index in [9.17, 15) is 4.79 Å². The highest BCUT2D eigenvalue weighted by atomic mass is 16.5. The van der Waals surface area contributed by atoms with Gasteiger partial charge in [-0.15, -0.1) is 0 Å². The lowest BCUT2D eigenvalue weighted by Crippen LogP contribution is -2.20. The molecule has 0 bridgehead atoms. The molecule has 2 aromatic rings. The molecule has 2 N–H and O–H groups in total. The Labute approximate surface area is 136 Å². The molecule has 0 aromatic heterocycles. The summed E-state index contributed by atoms with van der Waals surface area (Å²) in [5.41, 5.74) is 0.503. The Kier molecular flexibility index (Phi) is 6.48. The summed E-state index contributed by atoms with van der Waals surface area (Å²) in [7, 11) is 0. The summed E-state index contributed by atoms with van der Waals surface area (Å²) in [5, 5.41) is 17.7. The third-order valence-corrected chi connectivity index (χ3v) is 3.69. The van der Waals surface area contributed by atoms with E-state index in [0.29, 0.717) is 11.3 Å². The third kappa shape index (κ3) is 6.02. The predicted octanol–water partition coefficient (Wildman–Crippen LogP) is 4.27. The minimum Gasteiger partial charge on any atom is -0.508 e. The molecule has 3 rings (SSSR count). The van der Waals surface area contributed by atoms with Crippen LogP contribution < -0.4 is 0 Å². The van der Waals surface area contributed by atoms with Crippen LogP contribution in [-0.2, 0) is 4.74 Å². The number of aromatic hydroxyl groups is 2. The minimum atomic E-state index is -0.285. The van der Waals surface area contributed by atoms with E-state index in [-0.39, 0.29) is 17.8 Å². The van der Waals surface area contributed by atoms with Gasteiger partial charge in [-0.25, -0.2) is 4.79 Å². The van der Waals surface area contributed by atoms with E-state index in [1.165, 1.54) is 18.6 Å². The molecule has 122 valence electrons. The van der Waals surface area contributed by atoms with Gasteiger partial charge in [-0.2, -0.15) is 0 Å². The van der Waals surface area contributed by atoms with Crippen molar-refractivity contribution in [2.75, 3.05) is 0 Å². The highest BCUT2D eigenvalue weighted by Crippen LogP contribution is 2.21. The lowest BCUT2D eigenvalue weighted by molar-refractivity contribution is 0.0211. The van der Waals surface area contributed by atoms with E-state index in [1.54, 1.807) is 36.4 Å². The molecule has 0 radical (unpaired) electrons. The van der Waals surface area contributed by atoms with Crippen LogP contribution in [0.3, 0.4) is 0 Å². The molecule has 4 heteroatoms. The summed E-state index contributed by atoms with van der Waals surface area (Å²) in [6.07, 6.45) is 5.57. The van der Waals surface area contributed by atoms with Crippen LogP contribution in [0.2, 0.25) is 0 Å². The maximum absolute atomic E-state index is 11.7. The number of hydrogen-bond acceptors (Lipinski definition) is 4. The van der Waals surface area contributed by atoms with Crippen molar-refractivity contribution in [3.05, 3.63) is 60.2 Å². The van der Waals surface area contributed by atoms with Crippen LogP contribution in [0, 0.1) is 0 Å². The van der Waals surface area contributed by atoms with E-state index in [4.69, 9.17) is 14.9 Å². The van der Waals surface area contributed by atoms with Crippen LogP contribution in [0.4, 0.5) is 0 Å². The van der Waals surface area contributed by atoms with Gasteiger partial charge in [-0.05, 0) is 62.1 Å². The van der Waals surface area contributed by atoms with E-state index >= 15 is 0 Å². The number of para-hydroxylation sites is 1. The quantitative estimate of drug-likeness (QED) is 0.812. The summed E-state index contributed by atoms with van der Waals surface area (Å²) < 4.78 is 5.40. The number of hydrogen-bond donors (Lipinski definition) is 2. The van der Waals surface area contributed by atoms with Crippen molar-refractivity contribution in [1.29, 1.82) is 0 Å². The van der Waals surface area contributed by atoms with Crippen molar-refractivity contribution in [1.82, 2.24) is 0 Å². The summed E-state index contributed by atoms with van der Waals surface area (Å²) in [4.78, 5) is 11.7. The zero-order valence-corrected chi connectivity index (χ0v) is 13.0. The molecular weight excluding hydrogens is 292 g/mol. The molecule has 0 saturated heterocycles. The zero-order valence-electron chi connectivity index (χ0n) is 13.0. The number of phenols is 2. The molecule has 4 nitrogen and oxygen atoms in total. The SMILES string of the molecule is O=C(OC1CCCCC1)c1ccc(O)cc1.Oc1ccccc1. The van der Waals surface area contributed by atoms with Crippen LogP contribution in [0.25, 0.3) is 0 Å². The van der Waals surface area contributed by atoms with Gasteiger partial charge >= 0.3 is 5.97 Å². The van der Waals surface area contributed by atoms with Gasteiger partial charge in [0.25, 0.3) is 0 Å². The van der Waals surface area contributed by atoms with Crippen molar-refractivity contribution < 1.29 is 19.7 Å². The second kappa shape index (κ2) is 8.83. The van der Waals surface area contributed by atoms with E-state index in [2.05, 4.69) is 0 Å². The summed E-state index contributed by atoms with van der Waals surface area (Å²) in [5.74, 6) is 0.198. The normalized spacial score (nSPS) is 14.4. The molecule has 0 unspecified atom stereocenters. The van der Waals surface area contributed by atoms with Gasteiger partial charge < -0.3 is 14.9 Å². The first-order valence-corrected chi connectivity index (χ1v) is 7.89. The summed E-state index contributed by atoms with van der Waals surface area (Å²) in [6.45, 7) is 0. The smallest absolute Gasteiger partial charge is 0.338 e. The van der Waals surface area contributed by atoms with Gasteiger partial charge in [0.1, 0.15) is 17.6 Å². The number of esters is 1. The standard InChI is InChI=1S/C13H16O3.C6H6O/c14-11-8-6-10(7-9-11)13(15)16-12-4-2-1-3-5-12;7-6-4-2-1-3-5-6/h6-9,12,14H,1-5H2;1-5,7H. The number of carbonyl (C=O) groups is 1. The van der Waals surface area contributed by atoms with Gasteiger partial charge in [0.15, 0.2) is 0 Å². The fraction of sp³-hybridized carbons (Fsp3) is 0.316. The first kappa shape index (κ1) is 16.9. The van der Waals surface area contributed by atoms with Crippen molar-refractivity contribution in [3.63, 3.8) is 0 Å². The van der Waals surface area contributed by atoms with Gasteiger partial charge in [0, 0.05) is 0 Å². The lowest BCUT2D eigenvalue weighted by Gasteiger charge is -2.21. The summed E-state index contributed by atoms with van der Waals surface area (Å²) in [6, 6.07) is 14.9. The number of phenolic OH excluding ortho intramolecular Hbond substituents is 2. The van der Waals surface area contributed by atoms with Crippen molar-refractivity contribution in [3.8, 4) is 11.5 Å². The molecule has 0 atom stereocenters. The minimum absolute atomic E-state index is 0.0788. The molecule has 0 amide bonds. The Balaban J connectivity index is 0.000000229. The molecule has 0 heterocycles. The lowest BCUT2D eigenvalue weighted by atomic mass is 9.98. The van der Waals surface area contributed by atoms with E-state index < -0.39 is 0 Å². The van der Waals surface area contributed by atoms with Crippen LogP contribution in [0.1, 0.15) is 42.5 Å². The van der Waals surface area contributed by atoms with Crippen LogP contribution in [0.5, 0.6) is 11.5 Å². The first-order chi connectivity index (χ1) is 11.1. The Morgan fingerprint density at radius 1 is 0.826 bits per heavy atom. The molecule has 2 aromatic carbocycles. The molecule has 1 saturated carbocycles.